The van der Waals surface area contributed by atoms with Crippen LogP contribution in [-0.2, 0) is 4.79 Å². The van der Waals surface area contributed by atoms with Gasteiger partial charge in [-0.25, -0.2) is 0 Å². The minimum absolute atomic E-state index is 0.0831. The van der Waals surface area contributed by atoms with E-state index in [2.05, 4.69) is 10.6 Å². The Labute approximate surface area is 224 Å². The Hall–Kier alpha value is -2.55. The lowest BCUT2D eigenvalue weighted by molar-refractivity contribution is -0.384. The van der Waals surface area contributed by atoms with Crippen molar-refractivity contribution in [2.45, 2.75) is 10.3 Å². The molecule has 2 N–H and O–H groups in total. The number of alkyl halides is 2. The SMILES string of the molecule is O=C(Nc1ccc([N+](=O)[O-])cc1)c1cc(NC(=O)C2C(c3cc(Cl)cc(Cl)c3)C2(Cl)Cl)ccc1Cl. The molecule has 0 bridgehead atoms. The van der Waals surface area contributed by atoms with Gasteiger partial charge in [0.2, 0.25) is 5.91 Å². The minimum atomic E-state index is -1.36. The molecule has 12 heteroatoms. The molecule has 0 radical (unpaired) electrons. The first-order valence-electron chi connectivity index (χ1n) is 9.97. The van der Waals surface area contributed by atoms with Gasteiger partial charge < -0.3 is 10.6 Å². The lowest BCUT2D eigenvalue weighted by Crippen LogP contribution is -2.18. The molecule has 3 aromatic carbocycles. The Kier molecular flexibility index (Phi) is 7.18. The molecule has 4 rings (SSSR count). The molecular formula is C23H14Cl5N3O4. The second kappa shape index (κ2) is 9.84. The number of carbonyl (C=O) groups excluding carboxylic acids is 2. The largest absolute Gasteiger partial charge is 0.326 e. The molecule has 0 spiro atoms. The van der Waals surface area contributed by atoms with Gasteiger partial charge in [0, 0.05) is 39.5 Å². The molecule has 2 amide bonds. The van der Waals surface area contributed by atoms with Gasteiger partial charge in [0.25, 0.3) is 11.6 Å². The van der Waals surface area contributed by atoms with E-state index < -0.39 is 32.9 Å². The number of nitrogens with zero attached hydrogens (tertiary/aromatic N) is 1. The molecular weight excluding hydrogens is 560 g/mol. The van der Waals surface area contributed by atoms with Crippen LogP contribution in [0.4, 0.5) is 17.1 Å². The lowest BCUT2D eigenvalue weighted by Gasteiger charge is -2.10. The van der Waals surface area contributed by atoms with Gasteiger partial charge in [-0.3, -0.25) is 19.7 Å². The number of anilines is 2. The predicted octanol–water partition coefficient (Wildman–Crippen LogP) is 7.33. The van der Waals surface area contributed by atoms with Crippen molar-refractivity contribution in [3.63, 3.8) is 0 Å². The standard InChI is InChI=1S/C23H14Cl5N3O4/c24-12-7-11(8-13(25)9-12)19-20(23(19,27)28)22(33)30-15-3-6-18(26)17(10-15)21(32)29-14-1-4-16(5-2-14)31(34)35/h1-10,19-20H,(H,29,32)(H,30,33). The van der Waals surface area contributed by atoms with Crippen LogP contribution < -0.4 is 10.6 Å². The molecule has 0 aromatic heterocycles. The Morgan fingerprint density at radius 3 is 2.06 bits per heavy atom. The summed E-state index contributed by atoms with van der Waals surface area (Å²) in [5.41, 5.74) is 1.24. The van der Waals surface area contributed by atoms with Crippen molar-refractivity contribution in [2.75, 3.05) is 10.6 Å². The second-order valence-electron chi connectivity index (χ2n) is 7.77. The number of carbonyl (C=O) groups is 2. The molecule has 7 nitrogen and oxygen atoms in total. The van der Waals surface area contributed by atoms with Crippen molar-refractivity contribution >= 4 is 86.9 Å². The summed E-state index contributed by atoms with van der Waals surface area (Å²) in [5.74, 6) is -2.34. The van der Waals surface area contributed by atoms with Crippen LogP contribution >= 0.6 is 58.0 Å². The minimum Gasteiger partial charge on any atom is -0.326 e. The normalized spacial score (nSPS) is 18.0. The van der Waals surface area contributed by atoms with Crippen molar-refractivity contribution in [2.24, 2.45) is 5.92 Å². The average molecular weight is 574 g/mol. The summed E-state index contributed by atoms with van der Waals surface area (Å²) in [7, 11) is 0. The molecule has 0 saturated heterocycles. The summed E-state index contributed by atoms with van der Waals surface area (Å²) in [5, 5.41) is 17.0. The van der Waals surface area contributed by atoms with Crippen LogP contribution in [0.25, 0.3) is 0 Å². The van der Waals surface area contributed by atoms with Crippen LogP contribution in [0.15, 0.2) is 60.7 Å². The molecule has 1 saturated carbocycles. The molecule has 35 heavy (non-hydrogen) atoms. The van der Waals surface area contributed by atoms with E-state index in [0.29, 0.717) is 27.0 Å². The van der Waals surface area contributed by atoms with Gasteiger partial charge in [-0.05, 0) is 54.1 Å². The number of rotatable bonds is 6. The highest BCUT2D eigenvalue weighted by Crippen LogP contribution is 2.65. The van der Waals surface area contributed by atoms with Crippen molar-refractivity contribution in [1.29, 1.82) is 0 Å². The van der Waals surface area contributed by atoms with Crippen molar-refractivity contribution in [1.82, 2.24) is 0 Å². The van der Waals surface area contributed by atoms with E-state index in [1.54, 1.807) is 18.2 Å². The van der Waals surface area contributed by atoms with E-state index in [-0.39, 0.29) is 16.3 Å². The number of benzene rings is 3. The summed E-state index contributed by atoms with van der Waals surface area (Å²) in [4.78, 5) is 35.9. The highest BCUT2D eigenvalue weighted by atomic mass is 35.5. The van der Waals surface area contributed by atoms with Crippen LogP contribution in [0.5, 0.6) is 0 Å². The summed E-state index contributed by atoms with van der Waals surface area (Å²) in [6.07, 6.45) is 0. The Balaban J connectivity index is 1.49. The monoisotopic (exact) mass is 571 g/mol. The number of nitro groups is 1. The van der Waals surface area contributed by atoms with E-state index in [9.17, 15) is 19.7 Å². The fraction of sp³-hybridized carbons (Fsp3) is 0.130. The topological polar surface area (TPSA) is 101 Å². The van der Waals surface area contributed by atoms with Gasteiger partial charge in [-0.15, -0.1) is 23.2 Å². The van der Waals surface area contributed by atoms with E-state index in [0.717, 1.165) is 0 Å². The van der Waals surface area contributed by atoms with Gasteiger partial charge in [-0.2, -0.15) is 0 Å². The summed E-state index contributed by atoms with van der Waals surface area (Å²) in [6, 6.07) is 14.6. The number of hydrogen-bond donors (Lipinski definition) is 2. The Bertz CT molecular complexity index is 1330. The van der Waals surface area contributed by atoms with Crippen molar-refractivity contribution < 1.29 is 14.5 Å². The van der Waals surface area contributed by atoms with E-state index in [1.165, 1.54) is 42.5 Å². The van der Waals surface area contributed by atoms with E-state index in [4.69, 9.17) is 58.0 Å². The molecule has 1 aliphatic rings. The lowest BCUT2D eigenvalue weighted by atomic mass is 10.1. The Morgan fingerprint density at radius 1 is 0.857 bits per heavy atom. The number of nitrogens with one attached hydrogen (secondary N) is 2. The van der Waals surface area contributed by atoms with Gasteiger partial charge in [0.1, 0.15) is 4.33 Å². The molecule has 2 atom stereocenters. The zero-order valence-corrected chi connectivity index (χ0v) is 21.2. The molecule has 0 heterocycles. The fourth-order valence-corrected chi connectivity index (χ4v) is 5.26. The first-order valence-corrected chi connectivity index (χ1v) is 11.9. The molecule has 3 aromatic rings. The van der Waals surface area contributed by atoms with Gasteiger partial charge in [-0.1, -0.05) is 34.8 Å². The zero-order valence-electron chi connectivity index (χ0n) is 17.4. The van der Waals surface area contributed by atoms with E-state index in [1.807, 2.05) is 0 Å². The quantitative estimate of drug-likeness (QED) is 0.183. The average Bonchev–Trinajstić information content (AvgIpc) is 3.36. The smallest absolute Gasteiger partial charge is 0.269 e. The van der Waals surface area contributed by atoms with Crippen LogP contribution in [0, 0.1) is 16.0 Å². The molecule has 0 aliphatic heterocycles. The Morgan fingerprint density at radius 2 is 1.46 bits per heavy atom. The summed E-state index contributed by atoms with van der Waals surface area (Å²) in [6.45, 7) is 0. The summed E-state index contributed by atoms with van der Waals surface area (Å²) < 4.78 is -1.36. The fourth-order valence-electron chi connectivity index (χ4n) is 3.68. The maximum Gasteiger partial charge on any atom is 0.269 e. The first-order chi connectivity index (χ1) is 16.5. The predicted molar refractivity (Wildman–Crippen MR) is 138 cm³/mol. The molecule has 1 aliphatic carbocycles. The highest BCUT2D eigenvalue weighted by molar-refractivity contribution is 6.53. The highest BCUT2D eigenvalue weighted by Gasteiger charge is 2.67. The third-order valence-corrected chi connectivity index (χ3v) is 7.10. The van der Waals surface area contributed by atoms with Gasteiger partial charge >= 0.3 is 0 Å². The maximum atomic E-state index is 13.0. The number of amides is 2. The van der Waals surface area contributed by atoms with Crippen molar-refractivity contribution in [3.05, 3.63) is 97.0 Å². The van der Waals surface area contributed by atoms with Crippen LogP contribution in [0.3, 0.4) is 0 Å². The van der Waals surface area contributed by atoms with E-state index >= 15 is 0 Å². The third-order valence-electron chi connectivity index (χ3n) is 5.39. The maximum absolute atomic E-state index is 13.0. The molecule has 2 unspecified atom stereocenters. The van der Waals surface area contributed by atoms with Crippen molar-refractivity contribution in [3.8, 4) is 0 Å². The number of non-ortho nitro benzene ring substituents is 1. The molecule has 1 fully saturated rings. The number of hydrogen-bond acceptors (Lipinski definition) is 4. The number of nitro benzene ring substituents is 1. The van der Waals surface area contributed by atoms with Crippen LogP contribution in [0.1, 0.15) is 21.8 Å². The summed E-state index contributed by atoms with van der Waals surface area (Å²) >= 11 is 31.1. The number of halogens is 5. The van der Waals surface area contributed by atoms with Crippen LogP contribution in [-0.4, -0.2) is 21.1 Å². The molecule has 180 valence electrons. The first kappa shape index (κ1) is 25.5. The van der Waals surface area contributed by atoms with Gasteiger partial charge in [0.15, 0.2) is 0 Å². The second-order valence-corrected chi connectivity index (χ2v) is 10.5. The zero-order chi connectivity index (χ0) is 25.5. The third kappa shape index (κ3) is 5.50. The van der Waals surface area contributed by atoms with Gasteiger partial charge in [0.05, 0.1) is 21.4 Å². The van der Waals surface area contributed by atoms with Crippen LogP contribution in [0.2, 0.25) is 15.1 Å².